The van der Waals surface area contributed by atoms with E-state index in [0.29, 0.717) is 18.2 Å². The molecule has 1 aliphatic rings. The number of aliphatic hydroxyl groups excluding tert-OH is 1. The van der Waals surface area contributed by atoms with Crippen LogP contribution in [0.3, 0.4) is 0 Å². The lowest BCUT2D eigenvalue weighted by Gasteiger charge is -2.19. The second kappa shape index (κ2) is 5.51. The molecule has 0 saturated carbocycles. The predicted octanol–water partition coefficient (Wildman–Crippen LogP) is 1.29. The van der Waals surface area contributed by atoms with Gasteiger partial charge in [0.05, 0.1) is 13.0 Å². The fraction of sp³-hybridized carbons (Fsp3) is 0.800. The summed E-state index contributed by atoms with van der Waals surface area (Å²) in [5.74, 6) is 4.55. The molecule has 1 saturated heterocycles. The molecule has 15 heavy (non-hydrogen) atoms. The Labute approximate surface area is 93.4 Å². The summed E-state index contributed by atoms with van der Waals surface area (Å²) in [6.07, 6.45) is 3.96. The first-order valence-electron chi connectivity index (χ1n) is 5.38. The van der Waals surface area contributed by atoms with E-state index in [0.717, 1.165) is 12.2 Å². The highest BCUT2D eigenvalue weighted by molar-refractivity contribution is 7.99. The average molecular weight is 228 g/mol. The molecule has 1 N–H and O–H groups in total. The van der Waals surface area contributed by atoms with Crippen LogP contribution < -0.4 is 0 Å². The quantitative estimate of drug-likeness (QED) is 0.841. The van der Waals surface area contributed by atoms with Crippen LogP contribution in [0.5, 0.6) is 0 Å². The number of aromatic nitrogens is 2. The Kier molecular flexibility index (Phi) is 4.02. The van der Waals surface area contributed by atoms with E-state index in [4.69, 9.17) is 9.63 Å². The standard InChI is InChI=1S/C10H16N2O2S/c13-4-3-10-11-9(12-14-10)6-8-2-1-5-15-7-8/h8,13H,1-7H2. The van der Waals surface area contributed by atoms with Crippen LogP contribution in [0.15, 0.2) is 4.52 Å². The van der Waals surface area contributed by atoms with Crippen molar-refractivity contribution < 1.29 is 9.63 Å². The Bertz CT molecular complexity index is 297. The average Bonchev–Trinajstić information content (AvgIpc) is 2.68. The van der Waals surface area contributed by atoms with Crippen molar-refractivity contribution in [1.29, 1.82) is 0 Å². The van der Waals surface area contributed by atoms with Crippen LogP contribution in [0.25, 0.3) is 0 Å². The Morgan fingerprint density at radius 2 is 2.47 bits per heavy atom. The van der Waals surface area contributed by atoms with Crippen LogP contribution in [-0.4, -0.2) is 33.4 Å². The summed E-state index contributed by atoms with van der Waals surface area (Å²) in [5.41, 5.74) is 0. The molecule has 1 aromatic rings. The second-order valence-electron chi connectivity index (χ2n) is 3.87. The van der Waals surface area contributed by atoms with E-state index in [2.05, 4.69) is 10.1 Å². The van der Waals surface area contributed by atoms with Crippen molar-refractivity contribution in [2.75, 3.05) is 18.1 Å². The van der Waals surface area contributed by atoms with Gasteiger partial charge in [-0.05, 0) is 30.3 Å². The van der Waals surface area contributed by atoms with Crippen LogP contribution >= 0.6 is 11.8 Å². The van der Waals surface area contributed by atoms with Crippen LogP contribution in [-0.2, 0) is 12.8 Å². The number of hydrogen-bond acceptors (Lipinski definition) is 5. The van der Waals surface area contributed by atoms with Gasteiger partial charge in [0.1, 0.15) is 0 Å². The van der Waals surface area contributed by atoms with Crippen LogP contribution in [0.2, 0.25) is 0 Å². The minimum absolute atomic E-state index is 0.0704. The molecule has 0 radical (unpaired) electrons. The maximum atomic E-state index is 8.72. The molecule has 2 heterocycles. The Hall–Kier alpha value is -0.550. The first-order chi connectivity index (χ1) is 7.38. The van der Waals surface area contributed by atoms with Crippen LogP contribution in [0.4, 0.5) is 0 Å². The normalized spacial score (nSPS) is 21.8. The van der Waals surface area contributed by atoms with Gasteiger partial charge in [-0.25, -0.2) is 0 Å². The number of rotatable bonds is 4. The molecule has 0 aliphatic carbocycles. The van der Waals surface area contributed by atoms with Crippen molar-refractivity contribution in [3.05, 3.63) is 11.7 Å². The molecule has 0 amide bonds. The fourth-order valence-electron chi connectivity index (χ4n) is 1.80. The summed E-state index contributed by atoms with van der Waals surface area (Å²) >= 11 is 2.01. The van der Waals surface area contributed by atoms with Gasteiger partial charge in [0.2, 0.25) is 5.89 Å². The van der Waals surface area contributed by atoms with Crippen LogP contribution in [0, 0.1) is 5.92 Å². The van der Waals surface area contributed by atoms with Gasteiger partial charge in [-0.1, -0.05) is 5.16 Å². The van der Waals surface area contributed by atoms with Gasteiger partial charge in [0.25, 0.3) is 0 Å². The van der Waals surface area contributed by atoms with Gasteiger partial charge in [-0.15, -0.1) is 0 Å². The van der Waals surface area contributed by atoms with Crippen LogP contribution in [0.1, 0.15) is 24.6 Å². The van der Waals surface area contributed by atoms with Gasteiger partial charge < -0.3 is 9.63 Å². The third-order valence-corrected chi connectivity index (χ3v) is 3.85. The molecular formula is C10H16N2O2S. The number of hydrogen-bond donors (Lipinski definition) is 1. The molecule has 1 aromatic heterocycles. The third kappa shape index (κ3) is 3.21. The summed E-state index contributed by atoms with van der Waals surface area (Å²) in [5, 5.41) is 12.6. The van der Waals surface area contributed by atoms with Gasteiger partial charge in [0, 0.05) is 6.42 Å². The topological polar surface area (TPSA) is 59.2 Å². The zero-order valence-corrected chi connectivity index (χ0v) is 9.50. The smallest absolute Gasteiger partial charge is 0.228 e. The molecule has 0 spiro atoms. The lowest BCUT2D eigenvalue weighted by molar-refractivity contribution is 0.273. The van der Waals surface area contributed by atoms with E-state index >= 15 is 0 Å². The minimum Gasteiger partial charge on any atom is -0.396 e. The molecule has 1 fully saturated rings. The van der Waals surface area contributed by atoms with Crippen molar-refractivity contribution in [1.82, 2.24) is 10.1 Å². The van der Waals surface area contributed by atoms with Crippen molar-refractivity contribution in [3.63, 3.8) is 0 Å². The molecular weight excluding hydrogens is 212 g/mol. The Balaban J connectivity index is 1.86. The largest absolute Gasteiger partial charge is 0.396 e. The van der Waals surface area contributed by atoms with E-state index in [-0.39, 0.29) is 6.61 Å². The molecule has 0 bridgehead atoms. The first-order valence-corrected chi connectivity index (χ1v) is 6.54. The molecule has 84 valence electrons. The van der Waals surface area contributed by atoms with E-state index < -0.39 is 0 Å². The second-order valence-corrected chi connectivity index (χ2v) is 5.02. The summed E-state index contributed by atoms with van der Waals surface area (Å²) in [6, 6.07) is 0. The minimum atomic E-state index is 0.0704. The number of aliphatic hydroxyl groups is 1. The van der Waals surface area contributed by atoms with Gasteiger partial charge in [-0.2, -0.15) is 16.7 Å². The Morgan fingerprint density at radius 1 is 1.53 bits per heavy atom. The lowest BCUT2D eigenvalue weighted by Crippen LogP contribution is -2.13. The molecule has 4 nitrogen and oxygen atoms in total. The molecule has 2 rings (SSSR count). The highest BCUT2D eigenvalue weighted by atomic mass is 32.2. The lowest BCUT2D eigenvalue weighted by atomic mass is 10.0. The van der Waals surface area contributed by atoms with Crippen molar-refractivity contribution in [3.8, 4) is 0 Å². The third-order valence-electron chi connectivity index (χ3n) is 2.56. The summed E-state index contributed by atoms with van der Waals surface area (Å²) in [6.45, 7) is 0.0704. The molecule has 1 unspecified atom stereocenters. The SMILES string of the molecule is OCCc1nc(CC2CCCSC2)no1. The molecule has 1 aliphatic heterocycles. The fourth-order valence-corrected chi connectivity index (χ4v) is 2.95. The highest BCUT2D eigenvalue weighted by Gasteiger charge is 2.17. The number of nitrogens with zero attached hydrogens (tertiary/aromatic N) is 2. The summed E-state index contributed by atoms with van der Waals surface area (Å²) in [7, 11) is 0. The van der Waals surface area contributed by atoms with Gasteiger partial charge in [-0.3, -0.25) is 0 Å². The Morgan fingerprint density at radius 3 is 3.20 bits per heavy atom. The predicted molar refractivity (Wildman–Crippen MR) is 58.8 cm³/mol. The summed E-state index contributed by atoms with van der Waals surface area (Å²) < 4.78 is 5.02. The maximum absolute atomic E-state index is 8.72. The van der Waals surface area contributed by atoms with Crippen molar-refractivity contribution in [2.45, 2.75) is 25.7 Å². The maximum Gasteiger partial charge on any atom is 0.228 e. The molecule has 0 aromatic carbocycles. The van der Waals surface area contributed by atoms with Crippen molar-refractivity contribution in [2.24, 2.45) is 5.92 Å². The zero-order valence-electron chi connectivity index (χ0n) is 8.69. The van der Waals surface area contributed by atoms with Gasteiger partial charge in [0.15, 0.2) is 5.82 Å². The van der Waals surface area contributed by atoms with Crippen molar-refractivity contribution >= 4 is 11.8 Å². The molecule has 1 atom stereocenters. The van der Waals surface area contributed by atoms with E-state index in [1.165, 1.54) is 24.3 Å². The summed E-state index contributed by atoms with van der Waals surface area (Å²) in [4.78, 5) is 4.25. The van der Waals surface area contributed by atoms with E-state index in [1.807, 2.05) is 11.8 Å². The van der Waals surface area contributed by atoms with E-state index in [1.54, 1.807) is 0 Å². The molecule has 5 heteroatoms. The monoisotopic (exact) mass is 228 g/mol. The zero-order chi connectivity index (χ0) is 10.5. The highest BCUT2D eigenvalue weighted by Crippen LogP contribution is 2.24. The van der Waals surface area contributed by atoms with E-state index in [9.17, 15) is 0 Å². The number of thioether (sulfide) groups is 1. The van der Waals surface area contributed by atoms with Gasteiger partial charge >= 0.3 is 0 Å². The first kappa shape index (κ1) is 11.0.